The summed E-state index contributed by atoms with van der Waals surface area (Å²) in [5.74, 6) is -1.40. The first kappa shape index (κ1) is 15.2. The fourth-order valence-corrected chi connectivity index (χ4v) is 4.23. The molecule has 0 radical (unpaired) electrons. The predicted octanol–water partition coefficient (Wildman–Crippen LogP) is 3.88. The van der Waals surface area contributed by atoms with Crippen LogP contribution in [0.1, 0.15) is 5.56 Å². The third kappa shape index (κ3) is 2.00. The van der Waals surface area contributed by atoms with Crippen molar-refractivity contribution in [2.75, 3.05) is 10.2 Å². The van der Waals surface area contributed by atoms with Crippen molar-refractivity contribution in [1.29, 1.82) is 0 Å². The van der Waals surface area contributed by atoms with Crippen molar-refractivity contribution in [3.63, 3.8) is 0 Å². The zero-order valence-corrected chi connectivity index (χ0v) is 13.7. The van der Waals surface area contributed by atoms with E-state index in [2.05, 4.69) is 5.32 Å². The highest BCUT2D eigenvalue weighted by atomic mass is 35.5. The number of halogens is 2. The summed E-state index contributed by atoms with van der Waals surface area (Å²) in [6.45, 7) is 0. The Morgan fingerprint density at radius 1 is 1.17 bits per heavy atom. The van der Waals surface area contributed by atoms with Crippen molar-refractivity contribution in [2.45, 2.75) is 4.87 Å². The van der Waals surface area contributed by atoms with Gasteiger partial charge in [-0.25, -0.2) is 4.39 Å². The van der Waals surface area contributed by atoms with Crippen LogP contribution in [0.25, 0.3) is 0 Å². The topological polar surface area (TPSA) is 49.4 Å². The second-order valence-electron chi connectivity index (χ2n) is 5.34. The first-order valence-electron chi connectivity index (χ1n) is 7.08. The SMILES string of the molecule is O=C1C=CSC2(C(=O)Nc3ccccc32)N1c1ccc(Cl)c(F)c1. The first-order valence-corrected chi connectivity index (χ1v) is 8.34. The molecular weight excluding hydrogens is 351 g/mol. The molecule has 0 saturated carbocycles. The van der Waals surface area contributed by atoms with Gasteiger partial charge in [0.2, 0.25) is 4.87 Å². The van der Waals surface area contributed by atoms with Gasteiger partial charge < -0.3 is 5.32 Å². The molecule has 0 aliphatic carbocycles. The van der Waals surface area contributed by atoms with Crippen LogP contribution in [0.4, 0.5) is 15.8 Å². The van der Waals surface area contributed by atoms with Gasteiger partial charge in [-0.2, -0.15) is 0 Å². The van der Waals surface area contributed by atoms with E-state index in [-0.39, 0.29) is 16.6 Å². The Balaban J connectivity index is 1.96. The van der Waals surface area contributed by atoms with Gasteiger partial charge in [0.25, 0.3) is 11.8 Å². The molecule has 120 valence electrons. The van der Waals surface area contributed by atoms with Crippen LogP contribution in [-0.4, -0.2) is 11.8 Å². The second kappa shape index (κ2) is 5.36. The van der Waals surface area contributed by atoms with Gasteiger partial charge in [0.1, 0.15) is 5.82 Å². The van der Waals surface area contributed by atoms with E-state index in [9.17, 15) is 14.0 Å². The number of nitrogens with one attached hydrogen (secondary N) is 1. The van der Waals surface area contributed by atoms with Crippen LogP contribution in [-0.2, 0) is 14.5 Å². The van der Waals surface area contributed by atoms with E-state index in [1.807, 2.05) is 0 Å². The van der Waals surface area contributed by atoms with E-state index in [0.717, 1.165) is 6.07 Å². The quantitative estimate of drug-likeness (QED) is 0.839. The monoisotopic (exact) mass is 360 g/mol. The van der Waals surface area contributed by atoms with E-state index in [1.54, 1.807) is 29.7 Å². The molecule has 7 heteroatoms. The minimum Gasteiger partial charge on any atom is -0.323 e. The van der Waals surface area contributed by atoms with Crippen molar-refractivity contribution in [3.05, 3.63) is 70.4 Å². The molecule has 2 amide bonds. The highest BCUT2D eigenvalue weighted by molar-refractivity contribution is 8.04. The zero-order valence-electron chi connectivity index (χ0n) is 12.1. The molecule has 0 fully saturated rings. The van der Waals surface area contributed by atoms with Crippen LogP contribution in [0.15, 0.2) is 53.9 Å². The van der Waals surface area contributed by atoms with E-state index in [1.165, 1.54) is 34.9 Å². The number of benzene rings is 2. The summed E-state index contributed by atoms with van der Waals surface area (Å²) >= 11 is 6.94. The van der Waals surface area contributed by atoms with Gasteiger partial charge in [-0.3, -0.25) is 14.5 Å². The van der Waals surface area contributed by atoms with Crippen molar-refractivity contribution < 1.29 is 14.0 Å². The minimum absolute atomic E-state index is 0.0447. The van der Waals surface area contributed by atoms with Gasteiger partial charge in [-0.15, -0.1) is 0 Å². The summed E-state index contributed by atoms with van der Waals surface area (Å²) in [5, 5.41) is 4.34. The van der Waals surface area contributed by atoms with Crippen LogP contribution < -0.4 is 10.2 Å². The number of fused-ring (bicyclic) bond motifs is 2. The van der Waals surface area contributed by atoms with Crippen LogP contribution in [0, 0.1) is 5.82 Å². The summed E-state index contributed by atoms with van der Waals surface area (Å²) in [6, 6.07) is 11.2. The molecule has 0 bridgehead atoms. The van der Waals surface area contributed by atoms with Crippen molar-refractivity contribution in [2.24, 2.45) is 0 Å². The average Bonchev–Trinajstić information content (AvgIpc) is 2.83. The molecule has 24 heavy (non-hydrogen) atoms. The molecular formula is C17H10ClFN2O2S. The standard InChI is InChI=1S/C17H10ClFN2O2S/c18-12-6-5-10(9-13(12)19)21-15(22)7-8-24-17(21)11-3-1-2-4-14(11)20-16(17)23/h1-9H,(H,20,23). The van der Waals surface area contributed by atoms with E-state index >= 15 is 0 Å². The van der Waals surface area contributed by atoms with Crippen molar-refractivity contribution in [1.82, 2.24) is 0 Å². The summed E-state index contributed by atoms with van der Waals surface area (Å²) in [6.07, 6.45) is 1.36. The Labute approximate surface area is 146 Å². The summed E-state index contributed by atoms with van der Waals surface area (Å²) < 4.78 is 13.9. The molecule has 1 atom stereocenters. The number of nitrogens with zero attached hydrogens (tertiary/aromatic N) is 1. The molecule has 0 saturated heterocycles. The Morgan fingerprint density at radius 3 is 2.75 bits per heavy atom. The van der Waals surface area contributed by atoms with E-state index in [0.29, 0.717) is 11.3 Å². The van der Waals surface area contributed by atoms with Gasteiger partial charge in [-0.05, 0) is 29.7 Å². The Kier molecular flexibility index (Phi) is 3.40. The van der Waals surface area contributed by atoms with Gasteiger partial charge in [0.15, 0.2) is 0 Å². The number of carbonyl (C=O) groups excluding carboxylic acids is 2. The zero-order chi connectivity index (χ0) is 16.9. The summed E-state index contributed by atoms with van der Waals surface area (Å²) in [5.41, 5.74) is 1.57. The van der Waals surface area contributed by atoms with Crippen LogP contribution in [0.2, 0.25) is 5.02 Å². The molecule has 2 aromatic rings. The normalized spacial score (nSPS) is 22.0. The first-order chi connectivity index (χ1) is 11.5. The van der Waals surface area contributed by atoms with Gasteiger partial charge in [-0.1, -0.05) is 41.6 Å². The molecule has 2 aliphatic rings. The van der Waals surface area contributed by atoms with Crippen LogP contribution in [0.5, 0.6) is 0 Å². The number of anilines is 2. The number of carbonyl (C=O) groups is 2. The molecule has 2 aromatic carbocycles. The maximum Gasteiger partial charge on any atom is 0.266 e. The number of hydrogen-bond donors (Lipinski definition) is 1. The molecule has 4 nitrogen and oxygen atoms in total. The second-order valence-corrected chi connectivity index (χ2v) is 6.84. The van der Waals surface area contributed by atoms with Crippen molar-refractivity contribution in [3.8, 4) is 0 Å². The van der Waals surface area contributed by atoms with E-state index in [4.69, 9.17) is 11.6 Å². The van der Waals surface area contributed by atoms with Gasteiger partial charge in [0.05, 0.1) is 5.02 Å². The average molecular weight is 361 g/mol. The molecule has 2 aliphatic heterocycles. The number of rotatable bonds is 1. The molecule has 1 N–H and O–H groups in total. The summed E-state index contributed by atoms with van der Waals surface area (Å²) in [7, 11) is 0. The third-order valence-corrected chi connectivity index (χ3v) is 5.50. The predicted molar refractivity (Wildman–Crippen MR) is 92.4 cm³/mol. The van der Waals surface area contributed by atoms with Crippen molar-refractivity contribution >= 4 is 46.6 Å². The number of thioether (sulfide) groups is 1. The Bertz CT molecular complexity index is 917. The Hall–Kier alpha value is -2.31. The Morgan fingerprint density at radius 2 is 1.96 bits per heavy atom. The lowest BCUT2D eigenvalue weighted by Gasteiger charge is -2.39. The highest BCUT2D eigenvalue weighted by Crippen LogP contribution is 2.52. The van der Waals surface area contributed by atoms with Crippen LogP contribution >= 0.6 is 23.4 Å². The summed E-state index contributed by atoms with van der Waals surface area (Å²) in [4.78, 5) is 25.4. The fraction of sp³-hybridized carbons (Fsp3) is 0.0588. The third-order valence-electron chi connectivity index (χ3n) is 3.99. The lowest BCUT2D eigenvalue weighted by Crippen LogP contribution is -2.52. The molecule has 0 aromatic heterocycles. The minimum atomic E-state index is -1.30. The van der Waals surface area contributed by atoms with Gasteiger partial charge >= 0.3 is 0 Å². The maximum atomic E-state index is 13.9. The number of hydrogen-bond acceptors (Lipinski definition) is 3. The lowest BCUT2D eigenvalue weighted by atomic mass is 10.0. The van der Waals surface area contributed by atoms with Crippen LogP contribution in [0.3, 0.4) is 0 Å². The maximum absolute atomic E-state index is 13.9. The smallest absolute Gasteiger partial charge is 0.266 e. The largest absolute Gasteiger partial charge is 0.323 e. The number of amides is 2. The molecule has 1 spiro atoms. The lowest BCUT2D eigenvalue weighted by molar-refractivity contribution is -0.122. The molecule has 4 rings (SSSR count). The van der Waals surface area contributed by atoms with Gasteiger partial charge in [0, 0.05) is 23.0 Å². The number of para-hydroxylation sites is 1. The fourth-order valence-electron chi connectivity index (χ4n) is 2.96. The molecule has 1 unspecified atom stereocenters. The molecule has 2 heterocycles. The van der Waals surface area contributed by atoms with E-state index < -0.39 is 16.6 Å². The highest BCUT2D eigenvalue weighted by Gasteiger charge is 2.55.